The molecule has 0 fully saturated rings. The number of carbonyl (C=O) groups is 1. The normalized spacial score (nSPS) is 11.6. The lowest BCUT2D eigenvalue weighted by Gasteiger charge is -2.09. The van der Waals surface area contributed by atoms with Gasteiger partial charge in [0, 0.05) is 0 Å². The summed E-state index contributed by atoms with van der Waals surface area (Å²) in [6.45, 7) is -0.609. The summed E-state index contributed by atoms with van der Waals surface area (Å²) in [7, 11) is 0. The van der Waals surface area contributed by atoms with Crippen LogP contribution < -0.4 is 5.73 Å². The molecule has 2 nitrogen and oxygen atoms in total. The second-order valence-corrected chi connectivity index (χ2v) is 2.91. The fraction of sp³-hybridized carbons (Fsp3) is 0.222. The molecule has 0 aliphatic rings. The molecule has 0 heterocycles. The molecule has 0 saturated heterocycles. The highest BCUT2D eigenvalue weighted by Crippen LogP contribution is 2.32. The smallest absolute Gasteiger partial charge is 0.324 e. The number of carbonyl (C=O) groups excluding carboxylic acids is 1. The molecule has 0 bridgehead atoms. The van der Waals surface area contributed by atoms with Gasteiger partial charge in [0.15, 0.2) is 17.4 Å². The molecule has 7 heteroatoms. The van der Waals surface area contributed by atoms with E-state index in [2.05, 4.69) is 0 Å². The molecule has 0 spiro atoms. The van der Waals surface area contributed by atoms with E-state index in [0.717, 1.165) is 0 Å². The lowest BCUT2D eigenvalue weighted by molar-refractivity contribution is -0.140. The van der Waals surface area contributed by atoms with Crippen LogP contribution in [-0.2, 0) is 6.18 Å². The van der Waals surface area contributed by atoms with Crippen LogP contribution in [0, 0.1) is 11.6 Å². The Labute approximate surface area is 86.9 Å². The third kappa shape index (κ3) is 2.19. The zero-order valence-electron chi connectivity index (χ0n) is 7.74. The first-order valence-corrected chi connectivity index (χ1v) is 4.07. The van der Waals surface area contributed by atoms with E-state index < -0.39 is 41.3 Å². The predicted octanol–water partition coefficient (Wildman–Crippen LogP) is 2.12. The minimum atomic E-state index is -5.00. The van der Waals surface area contributed by atoms with Crippen LogP contribution in [0.1, 0.15) is 15.9 Å². The van der Waals surface area contributed by atoms with Gasteiger partial charge in [0.2, 0.25) is 0 Å². The third-order valence-corrected chi connectivity index (χ3v) is 1.87. The first-order valence-electron chi connectivity index (χ1n) is 4.07. The maximum absolute atomic E-state index is 13.1. The molecule has 1 aromatic rings. The van der Waals surface area contributed by atoms with Gasteiger partial charge in [-0.1, -0.05) is 0 Å². The minimum Gasteiger partial charge on any atom is -0.324 e. The van der Waals surface area contributed by atoms with Crippen molar-refractivity contribution in [3.63, 3.8) is 0 Å². The summed E-state index contributed by atoms with van der Waals surface area (Å²) in [5.74, 6) is -4.89. The number of alkyl halides is 3. The molecular formula is C9H6F5NO. The Kier molecular flexibility index (Phi) is 3.27. The molecule has 0 aliphatic heterocycles. The average Bonchev–Trinajstić information content (AvgIpc) is 2.19. The SMILES string of the molecule is NCC(=O)c1ccc(C(F)(F)F)c(F)c1F. The van der Waals surface area contributed by atoms with E-state index in [1.807, 2.05) is 0 Å². The number of benzene rings is 1. The molecular weight excluding hydrogens is 233 g/mol. The highest BCUT2D eigenvalue weighted by Gasteiger charge is 2.36. The highest BCUT2D eigenvalue weighted by molar-refractivity contribution is 5.97. The Balaban J connectivity index is 3.35. The number of nitrogens with two attached hydrogens (primary N) is 1. The van der Waals surface area contributed by atoms with E-state index in [1.165, 1.54) is 0 Å². The molecule has 0 saturated carbocycles. The lowest BCUT2D eigenvalue weighted by atomic mass is 10.1. The number of halogens is 5. The van der Waals surface area contributed by atoms with Crippen LogP contribution in [0.15, 0.2) is 12.1 Å². The number of ketones is 1. The van der Waals surface area contributed by atoms with Crippen LogP contribution in [0.3, 0.4) is 0 Å². The molecule has 0 radical (unpaired) electrons. The molecule has 0 atom stereocenters. The van der Waals surface area contributed by atoms with Crippen molar-refractivity contribution < 1.29 is 26.7 Å². The van der Waals surface area contributed by atoms with Gasteiger partial charge in [0.05, 0.1) is 17.7 Å². The zero-order valence-corrected chi connectivity index (χ0v) is 7.74. The summed E-state index contributed by atoms with van der Waals surface area (Å²) in [4.78, 5) is 10.9. The van der Waals surface area contributed by atoms with E-state index in [-0.39, 0.29) is 0 Å². The van der Waals surface area contributed by atoms with E-state index >= 15 is 0 Å². The highest BCUT2D eigenvalue weighted by atomic mass is 19.4. The second kappa shape index (κ2) is 4.17. The Morgan fingerprint density at radius 2 is 1.75 bits per heavy atom. The molecule has 0 aromatic heterocycles. The van der Waals surface area contributed by atoms with Crippen LogP contribution >= 0.6 is 0 Å². The van der Waals surface area contributed by atoms with Crippen molar-refractivity contribution in [1.29, 1.82) is 0 Å². The van der Waals surface area contributed by atoms with Gasteiger partial charge < -0.3 is 5.73 Å². The standard InChI is InChI=1S/C9H6F5NO/c10-7-4(6(16)3-15)1-2-5(8(7)11)9(12,13)14/h1-2H,3,15H2. The topological polar surface area (TPSA) is 43.1 Å². The molecule has 2 N–H and O–H groups in total. The van der Waals surface area contributed by atoms with Crippen LogP contribution in [0.5, 0.6) is 0 Å². The van der Waals surface area contributed by atoms with Gasteiger partial charge in [0.25, 0.3) is 0 Å². The fourth-order valence-electron chi connectivity index (χ4n) is 1.09. The fourth-order valence-corrected chi connectivity index (χ4v) is 1.09. The van der Waals surface area contributed by atoms with Crippen molar-refractivity contribution in [3.05, 3.63) is 34.9 Å². The van der Waals surface area contributed by atoms with Crippen molar-refractivity contribution in [2.75, 3.05) is 6.54 Å². The lowest BCUT2D eigenvalue weighted by Crippen LogP contribution is -2.18. The Bertz CT molecular complexity index is 427. The Morgan fingerprint density at radius 3 is 2.19 bits per heavy atom. The molecule has 16 heavy (non-hydrogen) atoms. The van der Waals surface area contributed by atoms with Gasteiger partial charge in [0.1, 0.15) is 0 Å². The van der Waals surface area contributed by atoms with Gasteiger partial charge in [-0.25, -0.2) is 8.78 Å². The van der Waals surface area contributed by atoms with Crippen molar-refractivity contribution in [2.24, 2.45) is 5.73 Å². The largest absolute Gasteiger partial charge is 0.419 e. The predicted molar refractivity (Wildman–Crippen MR) is 44.7 cm³/mol. The summed E-state index contributed by atoms with van der Waals surface area (Å²) in [6, 6.07) is 0.873. The summed E-state index contributed by atoms with van der Waals surface area (Å²) in [6.07, 6.45) is -5.00. The van der Waals surface area contributed by atoms with E-state index in [9.17, 15) is 26.7 Å². The number of hydrogen-bond donors (Lipinski definition) is 1. The maximum atomic E-state index is 13.1. The average molecular weight is 239 g/mol. The third-order valence-electron chi connectivity index (χ3n) is 1.87. The van der Waals surface area contributed by atoms with Crippen molar-refractivity contribution in [3.8, 4) is 0 Å². The van der Waals surface area contributed by atoms with Gasteiger partial charge >= 0.3 is 6.18 Å². The molecule has 0 unspecified atom stereocenters. The molecule has 88 valence electrons. The van der Waals surface area contributed by atoms with Gasteiger partial charge in [-0.05, 0) is 12.1 Å². The van der Waals surface area contributed by atoms with E-state index in [0.29, 0.717) is 12.1 Å². The van der Waals surface area contributed by atoms with Crippen LogP contribution in [0.25, 0.3) is 0 Å². The molecule has 1 rings (SSSR count). The van der Waals surface area contributed by atoms with E-state index in [1.54, 1.807) is 0 Å². The van der Waals surface area contributed by atoms with E-state index in [4.69, 9.17) is 5.73 Å². The number of hydrogen-bond acceptors (Lipinski definition) is 2. The van der Waals surface area contributed by atoms with Crippen molar-refractivity contribution >= 4 is 5.78 Å². The monoisotopic (exact) mass is 239 g/mol. The van der Waals surface area contributed by atoms with Gasteiger partial charge in [-0.2, -0.15) is 13.2 Å². The van der Waals surface area contributed by atoms with Crippen molar-refractivity contribution in [2.45, 2.75) is 6.18 Å². The summed E-state index contributed by atoms with van der Waals surface area (Å²) in [5.41, 5.74) is 2.35. The summed E-state index contributed by atoms with van der Waals surface area (Å²) < 4.78 is 62.4. The molecule has 1 aromatic carbocycles. The Morgan fingerprint density at radius 1 is 1.19 bits per heavy atom. The molecule has 0 aliphatic carbocycles. The minimum absolute atomic E-state index is 0.307. The van der Waals surface area contributed by atoms with Gasteiger partial charge in [-0.15, -0.1) is 0 Å². The number of Topliss-reactive ketones (excluding diaryl/α,β-unsaturated/α-hetero) is 1. The van der Waals surface area contributed by atoms with Gasteiger partial charge in [-0.3, -0.25) is 4.79 Å². The summed E-state index contributed by atoms with van der Waals surface area (Å²) in [5, 5.41) is 0. The maximum Gasteiger partial charge on any atom is 0.419 e. The zero-order chi connectivity index (χ0) is 12.5. The van der Waals surface area contributed by atoms with Crippen molar-refractivity contribution in [1.82, 2.24) is 0 Å². The first-order chi connectivity index (χ1) is 7.29. The Hall–Kier alpha value is -1.50. The van der Waals surface area contributed by atoms with Crippen LogP contribution in [0.4, 0.5) is 22.0 Å². The first kappa shape index (κ1) is 12.6. The molecule has 0 amide bonds. The van der Waals surface area contributed by atoms with Crippen LogP contribution in [-0.4, -0.2) is 12.3 Å². The quantitative estimate of drug-likeness (QED) is 0.634. The second-order valence-electron chi connectivity index (χ2n) is 2.91. The summed E-state index contributed by atoms with van der Waals surface area (Å²) >= 11 is 0. The van der Waals surface area contributed by atoms with Crippen LogP contribution in [0.2, 0.25) is 0 Å². The number of rotatable bonds is 2.